The molecule has 27 heavy (non-hydrogen) atoms. The molecule has 0 radical (unpaired) electrons. The van der Waals surface area contributed by atoms with Gasteiger partial charge < -0.3 is 5.32 Å². The highest BCUT2D eigenvalue weighted by molar-refractivity contribution is 5.86. The average Bonchev–Trinajstić information content (AvgIpc) is 3.31. The highest BCUT2D eigenvalue weighted by Gasteiger charge is 2.24. The van der Waals surface area contributed by atoms with Crippen molar-refractivity contribution >= 4 is 11.3 Å². The summed E-state index contributed by atoms with van der Waals surface area (Å²) in [6, 6.07) is 18.4. The van der Waals surface area contributed by atoms with E-state index in [-0.39, 0.29) is 0 Å². The molecule has 0 spiro atoms. The van der Waals surface area contributed by atoms with E-state index in [2.05, 4.69) is 60.8 Å². The fraction of sp³-hybridized carbons (Fsp3) is 0.240. The number of hydrogen-bond donors (Lipinski definition) is 1. The molecule has 2 heteroatoms. The summed E-state index contributed by atoms with van der Waals surface area (Å²) in [7, 11) is 0. The van der Waals surface area contributed by atoms with Crippen molar-refractivity contribution in [2.45, 2.75) is 26.2 Å². The van der Waals surface area contributed by atoms with E-state index in [1.807, 2.05) is 0 Å². The van der Waals surface area contributed by atoms with Gasteiger partial charge in [0, 0.05) is 18.8 Å². The van der Waals surface area contributed by atoms with Gasteiger partial charge in [0.15, 0.2) is 0 Å². The predicted molar refractivity (Wildman–Crippen MR) is 110 cm³/mol. The van der Waals surface area contributed by atoms with Crippen LogP contribution < -0.4 is 15.9 Å². The molecule has 0 aromatic heterocycles. The van der Waals surface area contributed by atoms with Crippen LogP contribution in [0.3, 0.4) is 0 Å². The van der Waals surface area contributed by atoms with Crippen LogP contribution in [0.1, 0.15) is 38.9 Å². The number of fused-ring (bicyclic) bond motifs is 4. The standard InChI is InChI=1S/C25H22N2/c1-15-4-2-3-5-20(15)25-21-11-16-6-8-26-23(16)13-18(21)10-19-14-24-17(7-9-27-24)12-22(19)25/h2-5,11-14,26H,6-10H2,1H3. The van der Waals surface area contributed by atoms with Crippen LogP contribution in [0.15, 0.2) is 53.5 Å². The van der Waals surface area contributed by atoms with Crippen molar-refractivity contribution in [3.05, 3.63) is 98.1 Å². The van der Waals surface area contributed by atoms with Gasteiger partial charge in [0.25, 0.3) is 0 Å². The Hall–Kier alpha value is -2.87. The molecule has 0 saturated carbocycles. The molecule has 6 rings (SSSR count). The van der Waals surface area contributed by atoms with E-state index in [0.29, 0.717) is 0 Å². The molecule has 2 aliphatic heterocycles. The van der Waals surface area contributed by atoms with Crippen LogP contribution in [-0.4, -0.2) is 13.1 Å². The molecule has 3 aliphatic rings. The minimum Gasteiger partial charge on any atom is -0.384 e. The van der Waals surface area contributed by atoms with Gasteiger partial charge in [-0.3, -0.25) is 4.99 Å². The zero-order valence-corrected chi connectivity index (χ0v) is 15.6. The third kappa shape index (κ3) is 2.22. The average molecular weight is 350 g/mol. The summed E-state index contributed by atoms with van der Waals surface area (Å²) in [5, 5.41) is 6.18. The minimum absolute atomic E-state index is 0.934. The molecule has 3 aromatic carbocycles. The number of anilines is 1. The maximum Gasteiger partial charge on any atom is 0.0610 e. The number of nitrogens with zero attached hydrogens (tertiary/aromatic N) is 1. The fourth-order valence-corrected chi connectivity index (χ4v) is 4.96. The lowest BCUT2D eigenvalue weighted by atomic mass is 9.80. The predicted octanol–water partition coefficient (Wildman–Crippen LogP) is 3.29. The lowest BCUT2D eigenvalue weighted by Gasteiger charge is -2.23. The molecule has 0 saturated heterocycles. The van der Waals surface area contributed by atoms with Crippen LogP contribution in [0.25, 0.3) is 5.57 Å². The number of nitrogens with one attached hydrogen (secondary N) is 1. The molecule has 1 aliphatic carbocycles. The van der Waals surface area contributed by atoms with Gasteiger partial charge >= 0.3 is 0 Å². The Balaban J connectivity index is 1.75. The lowest BCUT2D eigenvalue weighted by Crippen LogP contribution is -2.25. The molecular formula is C25H22N2. The summed E-state index contributed by atoms with van der Waals surface area (Å²) in [6.07, 6.45) is 3.20. The number of rotatable bonds is 1. The fourth-order valence-electron chi connectivity index (χ4n) is 4.96. The SMILES string of the molecule is Cc1ccccc1C1=c2cc3c(cc2Cc2cc4c(cc21)CCN4)=NCC3. The van der Waals surface area contributed by atoms with E-state index in [1.54, 1.807) is 0 Å². The topological polar surface area (TPSA) is 24.4 Å². The third-order valence-corrected chi connectivity index (χ3v) is 6.34. The van der Waals surface area contributed by atoms with Crippen molar-refractivity contribution in [2.75, 3.05) is 18.4 Å². The second kappa shape index (κ2) is 5.56. The van der Waals surface area contributed by atoms with Gasteiger partial charge in [-0.25, -0.2) is 0 Å². The molecule has 0 amide bonds. The number of hydrogen-bond acceptors (Lipinski definition) is 2. The summed E-state index contributed by atoms with van der Waals surface area (Å²) >= 11 is 0. The number of aryl methyl sites for hydroxylation is 1. The molecule has 2 heterocycles. The van der Waals surface area contributed by atoms with E-state index >= 15 is 0 Å². The molecule has 2 nitrogen and oxygen atoms in total. The Morgan fingerprint density at radius 2 is 1.78 bits per heavy atom. The van der Waals surface area contributed by atoms with E-state index in [0.717, 1.165) is 32.4 Å². The second-order valence-electron chi connectivity index (χ2n) is 7.98. The van der Waals surface area contributed by atoms with Crippen molar-refractivity contribution in [3.8, 4) is 0 Å². The molecule has 3 aromatic rings. The van der Waals surface area contributed by atoms with Crippen molar-refractivity contribution in [2.24, 2.45) is 4.99 Å². The Morgan fingerprint density at radius 1 is 0.852 bits per heavy atom. The molecule has 0 unspecified atom stereocenters. The van der Waals surface area contributed by atoms with Gasteiger partial charge in [-0.15, -0.1) is 0 Å². The molecule has 132 valence electrons. The smallest absolute Gasteiger partial charge is 0.0610 e. The molecule has 0 atom stereocenters. The van der Waals surface area contributed by atoms with Gasteiger partial charge in [0.05, 0.1) is 5.36 Å². The summed E-state index contributed by atoms with van der Waals surface area (Å²) in [4.78, 5) is 4.71. The van der Waals surface area contributed by atoms with Crippen molar-refractivity contribution in [3.63, 3.8) is 0 Å². The first-order valence-electron chi connectivity index (χ1n) is 9.94. The van der Waals surface area contributed by atoms with Crippen LogP contribution in [0, 0.1) is 6.92 Å². The van der Waals surface area contributed by atoms with Gasteiger partial charge in [-0.05, 0) is 100 Å². The van der Waals surface area contributed by atoms with Gasteiger partial charge in [0.1, 0.15) is 0 Å². The van der Waals surface area contributed by atoms with Crippen molar-refractivity contribution in [1.29, 1.82) is 0 Å². The third-order valence-electron chi connectivity index (χ3n) is 6.34. The maximum absolute atomic E-state index is 4.71. The molecular weight excluding hydrogens is 328 g/mol. The summed E-state index contributed by atoms with van der Waals surface area (Å²) in [5.74, 6) is 0. The number of benzene rings is 3. The van der Waals surface area contributed by atoms with Crippen LogP contribution in [-0.2, 0) is 19.3 Å². The zero-order valence-electron chi connectivity index (χ0n) is 15.6. The van der Waals surface area contributed by atoms with Crippen LogP contribution in [0.5, 0.6) is 0 Å². The summed E-state index contributed by atoms with van der Waals surface area (Å²) < 4.78 is 0. The minimum atomic E-state index is 0.934. The highest BCUT2D eigenvalue weighted by atomic mass is 14.9. The van der Waals surface area contributed by atoms with Crippen LogP contribution in [0.2, 0.25) is 0 Å². The highest BCUT2D eigenvalue weighted by Crippen LogP contribution is 2.35. The largest absolute Gasteiger partial charge is 0.384 e. The molecule has 1 N–H and O–H groups in total. The molecule has 0 bridgehead atoms. The van der Waals surface area contributed by atoms with Crippen LogP contribution >= 0.6 is 0 Å². The van der Waals surface area contributed by atoms with Gasteiger partial charge in [0.2, 0.25) is 0 Å². The Labute approximate surface area is 159 Å². The first kappa shape index (κ1) is 15.2. The molecule has 0 fully saturated rings. The summed E-state index contributed by atoms with van der Waals surface area (Å²) in [6.45, 7) is 4.22. The maximum atomic E-state index is 4.71. The van der Waals surface area contributed by atoms with E-state index in [9.17, 15) is 0 Å². The van der Waals surface area contributed by atoms with Gasteiger partial charge in [-0.2, -0.15) is 0 Å². The van der Waals surface area contributed by atoms with E-state index in [1.165, 1.54) is 60.8 Å². The van der Waals surface area contributed by atoms with E-state index in [4.69, 9.17) is 4.99 Å². The normalized spacial score (nSPS) is 16.1. The van der Waals surface area contributed by atoms with Crippen molar-refractivity contribution in [1.82, 2.24) is 0 Å². The first-order valence-corrected chi connectivity index (χ1v) is 9.94. The van der Waals surface area contributed by atoms with Gasteiger partial charge in [-0.1, -0.05) is 24.3 Å². The zero-order chi connectivity index (χ0) is 18.0. The van der Waals surface area contributed by atoms with Crippen molar-refractivity contribution < 1.29 is 0 Å². The quantitative estimate of drug-likeness (QED) is 0.560. The first-order chi connectivity index (χ1) is 13.3. The van der Waals surface area contributed by atoms with Crippen LogP contribution in [0.4, 0.5) is 5.69 Å². The Morgan fingerprint density at radius 3 is 2.70 bits per heavy atom. The monoisotopic (exact) mass is 350 g/mol. The lowest BCUT2D eigenvalue weighted by molar-refractivity contribution is 1.02. The van der Waals surface area contributed by atoms with E-state index < -0.39 is 0 Å². The summed E-state index contributed by atoms with van der Waals surface area (Å²) in [5.41, 5.74) is 12.6. The Bertz CT molecular complexity index is 1230. The second-order valence-corrected chi connectivity index (χ2v) is 7.98. The Kier molecular flexibility index (Phi) is 3.13.